The fourth-order valence-corrected chi connectivity index (χ4v) is 4.66. The van der Waals surface area contributed by atoms with E-state index in [0.717, 1.165) is 52.4 Å². The first-order valence-electron chi connectivity index (χ1n) is 10.2. The molecule has 2 aliphatic rings. The third-order valence-corrected chi connectivity index (χ3v) is 6.08. The predicted octanol–water partition coefficient (Wildman–Crippen LogP) is 5.47. The molecule has 2 aromatic carbocycles. The number of aryl methyl sites for hydroxylation is 1. The van der Waals surface area contributed by atoms with Crippen LogP contribution < -0.4 is 14.8 Å². The molecule has 1 aliphatic carbocycles. The third-order valence-electron chi connectivity index (χ3n) is 6.08. The van der Waals surface area contributed by atoms with Crippen molar-refractivity contribution in [2.75, 3.05) is 19.5 Å². The normalized spacial score (nSPS) is 19.9. The maximum absolute atomic E-state index is 13.3. The summed E-state index contributed by atoms with van der Waals surface area (Å²) in [6, 6.07) is 12.5. The van der Waals surface area contributed by atoms with Crippen LogP contribution >= 0.6 is 0 Å². The molecule has 1 N–H and O–H groups in total. The van der Waals surface area contributed by atoms with Crippen LogP contribution in [0.1, 0.15) is 56.2 Å². The van der Waals surface area contributed by atoms with E-state index in [1.807, 2.05) is 12.1 Å². The topological polar surface area (TPSA) is 47.6 Å². The van der Waals surface area contributed by atoms with Crippen molar-refractivity contribution in [3.05, 3.63) is 64.4 Å². The first kappa shape index (κ1) is 19.6. The maximum Gasteiger partial charge on any atom is 0.162 e. The van der Waals surface area contributed by atoms with Crippen LogP contribution in [0, 0.1) is 5.41 Å². The second-order valence-electron chi connectivity index (χ2n) is 8.78. The van der Waals surface area contributed by atoms with Gasteiger partial charge in [0, 0.05) is 47.0 Å². The highest BCUT2D eigenvalue weighted by Crippen LogP contribution is 2.52. The van der Waals surface area contributed by atoms with Crippen LogP contribution in [0.25, 0.3) is 0 Å². The lowest BCUT2D eigenvalue weighted by atomic mass is 9.68. The van der Waals surface area contributed by atoms with Gasteiger partial charge in [0.2, 0.25) is 0 Å². The van der Waals surface area contributed by atoms with Gasteiger partial charge in [-0.05, 0) is 29.4 Å². The largest absolute Gasteiger partial charge is 0.497 e. The lowest BCUT2D eigenvalue weighted by Crippen LogP contribution is -2.34. The summed E-state index contributed by atoms with van der Waals surface area (Å²) in [4.78, 5) is 13.3. The van der Waals surface area contributed by atoms with Crippen molar-refractivity contribution in [1.29, 1.82) is 0 Å². The molecular weight excluding hydrogens is 362 g/mol. The van der Waals surface area contributed by atoms with Gasteiger partial charge in [0.15, 0.2) is 5.78 Å². The van der Waals surface area contributed by atoms with Crippen LogP contribution in [0.15, 0.2) is 47.7 Å². The van der Waals surface area contributed by atoms with Crippen molar-refractivity contribution in [2.24, 2.45) is 5.41 Å². The van der Waals surface area contributed by atoms with E-state index >= 15 is 0 Å². The number of ether oxygens (including phenoxy) is 2. The summed E-state index contributed by atoms with van der Waals surface area (Å²) < 4.78 is 11.2. The zero-order valence-electron chi connectivity index (χ0n) is 17.9. The quantitative estimate of drug-likeness (QED) is 0.751. The fraction of sp³-hybridized carbons (Fsp3) is 0.400. The van der Waals surface area contributed by atoms with Gasteiger partial charge in [-0.25, -0.2) is 0 Å². The lowest BCUT2D eigenvalue weighted by Gasteiger charge is -2.40. The van der Waals surface area contributed by atoms with Crippen LogP contribution in [-0.4, -0.2) is 20.0 Å². The molecule has 1 aliphatic heterocycles. The molecule has 0 unspecified atom stereocenters. The highest BCUT2D eigenvalue weighted by molar-refractivity contribution is 6.02. The molecule has 29 heavy (non-hydrogen) atoms. The molecular formula is C25H29NO3. The summed E-state index contributed by atoms with van der Waals surface area (Å²) >= 11 is 0. The molecule has 0 radical (unpaired) electrons. The monoisotopic (exact) mass is 391 g/mol. The number of Topliss-reactive ketones (excluding diaryl/α,β-unsaturated/α-hetero) is 1. The summed E-state index contributed by atoms with van der Waals surface area (Å²) in [5, 5.41) is 3.56. The standard InChI is InChI=1S/C25H29NO3/c1-6-15-7-9-16(10-8-15)22-23-19(13-25(2,3)14-20(23)27)26-18-11-17(28-4)12-21(29-5)24(18)22/h7-12,22,26H,6,13-14H2,1-5H3/t22-/m0/s1. The summed E-state index contributed by atoms with van der Waals surface area (Å²) in [6.07, 6.45) is 2.39. The van der Waals surface area contributed by atoms with E-state index < -0.39 is 0 Å². The van der Waals surface area contributed by atoms with E-state index in [1.165, 1.54) is 5.56 Å². The number of rotatable bonds is 4. The van der Waals surface area contributed by atoms with Crippen molar-refractivity contribution >= 4 is 11.5 Å². The number of benzene rings is 2. The summed E-state index contributed by atoms with van der Waals surface area (Å²) in [6.45, 7) is 6.46. The molecule has 0 saturated carbocycles. The van der Waals surface area contributed by atoms with E-state index in [2.05, 4.69) is 50.4 Å². The second-order valence-corrected chi connectivity index (χ2v) is 8.78. The molecule has 4 rings (SSSR count). The Morgan fingerprint density at radius 1 is 1.07 bits per heavy atom. The average molecular weight is 392 g/mol. The minimum Gasteiger partial charge on any atom is -0.497 e. The molecule has 152 valence electrons. The minimum atomic E-state index is -0.142. The Hall–Kier alpha value is -2.75. The first-order chi connectivity index (χ1) is 13.9. The number of nitrogens with one attached hydrogen (secondary N) is 1. The summed E-state index contributed by atoms with van der Waals surface area (Å²) in [7, 11) is 3.32. The van der Waals surface area contributed by atoms with Gasteiger partial charge in [-0.1, -0.05) is 45.0 Å². The molecule has 1 atom stereocenters. The van der Waals surface area contributed by atoms with E-state index in [1.54, 1.807) is 14.2 Å². The minimum absolute atomic E-state index is 0.0556. The smallest absolute Gasteiger partial charge is 0.162 e. The maximum atomic E-state index is 13.3. The van der Waals surface area contributed by atoms with Crippen molar-refractivity contribution in [3.8, 4) is 11.5 Å². The van der Waals surface area contributed by atoms with Gasteiger partial charge >= 0.3 is 0 Å². The van der Waals surface area contributed by atoms with Crippen LogP contribution in [0.4, 0.5) is 5.69 Å². The third kappa shape index (κ3) is 3.41. The zero-order valence-corrected chi connectivity index (χ0v) is 17.9. The van der Waals surface area contributed by atoms with Crippen molar-refractivity contribution in [2.45, 2.75) is 46.0 Å². The number of methoxy groups -OCH3 is 2. The van der Waals surface area contributed by atoms with Gasteiger partial charge in [-0.15, -0.1) is 0 Å². The fourth-order valence-electron chi connectivity index (χ4n) is 4.66. The number of hydrogen-bond donors (Lipinski definition) is 1. The van der Waals surface area contributed by atoms with Crippen LogP contribution in [0.3, 0.4) is 0 Å². The summed E-state index contributed by atoms with van der Waals surface area (Å²) in [5.41, 5.74) is 6.21. The van der Waals surface area contributed by atoms with Crippen molar-refractivity contribution in [3.63, 3.8) is 0 Å². The SMILES string of the molecule is CCc1ccc([C@H]2C3=C(CC(C)(C)CC3=O)Nc3cc(OC)cc(OC)c32)cc1. The van der Waals surface area contributed by atoms with E-state index in [-0.39, 0.29) is 17.1 Å². The average Bonchev–Trinajstić information content (AvgIpc) is 2.70. The Kier molecular flexibility index (Phi) is 4.89. The van der Waals surface area contributed by atoms with Gasteiger partial charge < -0.3 is 14.8 Å². The number of fused-ring (bicyclic) bond motifs is 1. The van der Waals surface area contributed by atoms with Gasteiger partial charge in [-0.3, -0.25) is 4.79 Å². The number of carbonyl (C=O) groups excluding carboxylic acids is 1. The Balaban J connectivity index is 1.96. The van der Waals surface area contributed by atoms with Crippen LogP contribution in [-0.2, 0) is 11.2 Å². The highest BCUT2D eigenvalue weighted by atomic mass is 16.5. The number of hydrogen-bond acceptors (Lipinski definition) is 4. The number of allylic oxidation sites excluding steroid dienone is 2. The Labute approximate surface area is 172 Å². The molecule has 0 spiro atoms. The van der Waals surface area contributed by atoms with Crippen LogP contribution in [0.5, 0.6) is 11.5 Å². The van der Waals surface area contributed by atoms with Crippen molar-refractivity contribution < 1.29 is 14.3 Å². The number of anilines is 1. The molecule has 1 heterocycles. The number of carbonyl (C=O) groups is 1. The Bertz CT molecular complexity index is 986. The van der Waals surface area contributed by atoms with Gasteiger partial charge in [-0.2, -0.15) is 0 Å². The molecule has 0 saturated heterocycles. The molecule has 0 fully saturated rings. The predicted molar refractivity (Wildman–Crippen MR) is 116 cm³/mol. The molecule has 0 bridgehead atoms. The van der Waals surface area contributed by atoms with Gasteiger partial charge in [0.05, 0.1) is 14.2 Å². The second kappa shape index (κ2) is 7.25. The molecule has 0 amide bonds. The lowest BCUT2D eigenvalue weighted by molar-refractivity contribution is -0.118. The number of ketones is 1. The Morgan fingerprint density at radius 3 is 2.41 bits per heavy atom. The zero-order chi connectivity index (χ0) is 20.8. The Morgan fingerprint density at radius 2 is 1.79 bits per heavy atom. The van der Waals surface area contributed by atoms with E-state index in [0.29, 0.717) is 6.42 Å². The van der Waals surface area contributed by atoms with Gasteiger partial charge in [0.25, 0.3) is 0 Å². The van der Waals surface area contributed by atoms with Gasteiger partial charge in [0.1, 0.15) is 11.5 Å². The molecule has 4 nitrogen and oxygen atoms in total. The highest BCUT2D eigenvalue weighted by Gasteiger charge is 2.42. The first-order valence-corrected chi connectivity index (χ1v) is 10.2. The summed E-state index contributed by atoms with van der Waals surface area (Å²) in [5.74, 6) is 1.55. The van der Waals surface area contributed by atoms with E-state index in [9.17, 15) is 4.79 Å². The van der Waals surface area contributed by atoms with E-state index in [4.69, 9.17) is 9.47 Å². The van der Waals surface area contributed by atoms with Crippen molar-refractivity contribution in [1.82, 2.24) is 0 Å². The van der Waals surface area contributed by atoms with Crippen LogP contribution in [0.2, 0.25) is 0 Å². The molecule has 0 aromatic heterocycles. The molecule has 2 aromatic rings. The molecule has 4 heteroatoms.